The van der Waals surface area contributed by atoms with Crippen LogP contribution in [0.1, 0.15) is 38.7 Å². The van der Waals surface area contributed by atoms with Gasteiger partial charge in [-0.2, -0.15) is 0 Å². The molecule has 3 heteroatoms. The maximum atomic E-state index is 9.12. The lowest BCUT2D eigenvalue weighted by Crippen LogP contribution is -2.43. The molecule has 1 aromatic carbocycles. The van der Waals surface area contributed by atoms with Crippen LogP contribution in [0.3, 0.4) is 0 Å². The van der Waals surface area contributed by atoms with Crippen LogP contribution >= 0.6 is 0 Å². The number of aliphatic hydroxyl groups is 1. The molecule has 1 fully saturated rings. The molecule has 1 N–H and O–H groups in total. The van der Waals surface area contributed by atoms with Gasteiger partial charge >= 0.3 is 0 Å². The highest BCUT2D eigenvalue weighted by Crippen LogP contribution is 2.47. The summed E-state index contributed by atoms with van der Waals surface area (Å²) in [7, 11) is -1.74. The lowest BCUT2D eigenvalue weighted by molar-refractivity contribution is 0.274. The minimum absolute atomic E-state index is 0.226. The van der Waals surface area contributed by atoms with Gasteiger partial charge in [0.2, 0.25) is 8.32 Å². The Bertz CT molecular complexity index is 431. The molecule has 0 aliphatic heterocycles. The normalized spacial score (nSPS) is 23.3. The molecule has 1 aliphatic carbocycles. The van der Waals surface area contributed by atoms with Gasteiger partial charge in [-0.05, 0) is 54.1 Å². The van der Waals surface area contributed by atoms with E-state index in [1.807, 2.05) is 0 Å². The number of hydrogen-bond donors (Lipinski definition) is 1. The van der Waals surface area contributed by atoms with Gasteiger partial charge in [0, 0.05) is 6.61 Å². The van der Waals surface area contributed by atoms with Crippen molar-refractivity contribution >= 4 is 8.32 Å². The zero-order valence-corrected chi connectivity index (χ0v) is 13.7. The highest BCUT2D eigenvalue weighted by atomic mass is 28.4. The van der Waals surface area contributed by atoms with Crippen LogP contribution in [0.2, 0.25) is 18.1 Å². The van der Waals surface area contributed by atoms with Gasteiger partial charge < -0.3 is 9.53 Å². The predicted molar refractivity (Wildman–Crippen MR) is 82.2 cm³/mol. The first kappa shape index (κ1) is 14.6. The Morgan fingerprint density at radius 3 is 2.21 bits per heavy atom. The van der Waals surface area contributed by atoms with Gasteiger partial charge in [0.1, 0.15) is 5.75 Å². The van der Waals surface area contributed by atoms with Crippen LogP contribution < -0.4 is 4.43 Å². The molecule has 0 bridgehead atoms. The van der Waals surface area contributed by atoms with E-state index in [1.54, 1.807) is 0 Å². The van der Waals surface area contributed by atoms with Crippen LogP contribution in [0.4, 0.5) is 0 Å². The van der Waals surface area contributed by atoms with E-state index in [-0.39, 0.29) is 5.04 Å². The van der Waals surface area contributed by atoms with Crippen molar-refractivity contribution in [2.24, 2.45) is 5.92 Å². The molecule has 2 atom stereocenters. The maximum Gasteiger partial charge on any atom is 0.250 e. The van der Waals surface area contributed by atoms with Gasteiger partial charge in [-0.1, -0.05) is 32.9 Å². The molecule has 1 aromatic rings. The average Bonchev–Trinajstić information content (AvgIpc) is 3.07. The summed E-state index contributed by atoms with van der Waals surface area (Å²) < 4.78 is 6.26. The Labute approximate surface area is 117 Å². The van der Waals surface area contributed by atoms with Gasteiger partial charge in [-0.25, -0.2) is 0 Å². The largest absolute Gasteiger partial charge is 0.544 e. The van der Waals surface area contributed by atoms with E-state index in [1.165, 1.54) is 5.56 Å². The van der Waals surface area contributed by atoms with E-state index in [9.17, 15) is 0 Å². The van der Waals surface area contributed by atoms with Gasteiger partial charge in [-0.15, -0.1) is 0 Å². The molecular weight excluding hydrogens is 252 g/mol. The van der Waals surface area contributed by atoms with Crippen molar-refractivity contribution in [1.29, 1.82) is 0 Å². The van der Waals surface area contributed by atoms with Crippen molar-refractivity contribution < 1.29 is 9.53 Å². The van der Waals surface area contributed by atoms with E-state index in [2.05, 4.69) is 58.1 Å². The number of hydrogen-bond acceptors (Lipinski definition) is 2. The van der Waals surface area contributed by atoms with Crippen LogP contribution in [0.25, 0.3) is 0 Å². The molecule has 19 heavy (non-hydrogen) atoms. The summed E-state index contributed by atoms with van der Waals surface area (Å²) in [6, 6.07) is 8.48. The number of aliphatic hydroxyl groups excluding tert-OH is 1. The van der Waals surface area contributed by atoms with Crippen molar-refractivity contribution in [3.8, 4) is 5.75 Å². The molecule has 2 unspecified atom stereocenters. The molecule has 1 aliphatic rings. The first-order chi connectivity index (χ1) is 8.74. The van der Waals surface area contributed by atoms with Crippen molar-refractivity contribution in [3.63, 3.8) is 0 Å². The molecule has 0 amide bonds. The van der Waals surface area contributed by atoms with Crippen molar-refractivity contribution in [3.05, 3.63) is 29.8 Å². The third kappa shape index (κ3) is 3.21. The average molecular weight is 278 g/mol. The third-order valence-corrected chi connectivity index (χ3v) is 9.00. The van der Waals surface area contributed by atoms with Crippen molar-refractivity contribution in [2.75, 3.05) is 6.61 Å². The van der Waals surface area contributed by atoms with Crippen LogP contribution in [-0.2, 0) is 0 Å². The fourth-order valence-electron chi connectivity index (χ4n) is 2.09. The third-order valence-electron chi connectivity index (χ3n) is 4.64. The molecule has 2 nitrogen and oxygen atoms in total. The second-order valence-electron chi connectivity index (χ2n) is 7.22. The van der Waals surface area contributed by atoms with Crippen LogP contribution in [0.5, 0.6) is 5.75 Å². The van der Waals surface area contributed by atoms with Gasteiger partial charge in [0.05, 0.1) is 0 Å². The minimum Gasteiger partial charge on any atom is -0.544 e. The molecule has 0 aromatic heterocycles. The molecule has 0 radical (unpaired) electrons. The van der Waals surface area contributed by atoms with Gasteiger partial charge in [0.25, 0.3) is 0 Å². The Hall–Kier alpha value is -0.803. The molecular formula is C16H26O2Si. The molecule has 1 saturated carbocycles. The van der Waals surface area contributed by atoms with E-state index < -0.39 is 8.32 Å². The first-order valence-electron chi connectivity index (χ1n) is 7.14. The number of benzene rings is 1. The van der Waals surface area contributed by atoms with E-state index in [4.69, 9.17) is 9.53 Å². The van der Waals surface area contributed by atoms with Crippen LogP contribution in [-0.4, -0.2) is 20.0 Å². The van der Waals surface area contributed by atoms with Crippen LogP contribution in [0, 0.1) is 5.92 Å². The summed E-state index contributed by atoms with van der Waals surface area (Å²) in [5.74, 6) is 2.02. The second-order valence-corrected chi connectivity index (χ2v) is 11.9. The molecule has 0 saturated heterocycles. The standard InChI is InChI=1S/C16H26O2Si/c1-16(2,3)19(4,5)18-14-8-6-12(7-9-14)15-10-13(15)11-17/h6-9,13,15,17H,10-11H2,1-5H3. The first-order valence-corrected chi connectivity index (χ1v) is 10.1. The lowest BCUT2D eigenvalue weighted by Gasteiger charge is -2.36. The zero-order valence-electron chi connectivity index (χ0n) is 12.7. The van der Waals surface area contributed by atoms with Crippen molar-refractivity contribution in [2.45, 2.75) is 51.2 Å². The summed E-state index contributed by atoms with van der Waals surface area (Å²) >= 11 is 0. The smallest absolute Gasteiger partial charge is 0.250 e. The maximum absolute atomic E-state index is 9.12. The Morgan fingerprint density at radius 1 is 1.21 bits per heavy atom. The summed E-state index contributed by atoms with van der Waals surface area (Å²) in [6.07, 6.45) is 1.12. The summed E-state index contributed by atoms with van der Waals surface area (Å²) in [5, 5.41) is 9.34. The molecule has 0 spiro atoms. The second kappa shape index (κ2) is 4.95. The zero-order chi connectivity index (χ0) is 14.3. The Morgan fingerprint density at radius 2 is 1.79 bits per heavy atom. The summed E-state index contributed by atoms with van der Waals surface area (Å²) in [4.78, 5) is 0. The fraction of sp³-hybridized carbons (Fsp3) is 0.625. The summed E-state index contributed by atoms with van der Waals surface area (Å²) in [6.45, 7) is 11.6. The minimum atomic E-state index is -1.74. The molecule has 0 heterocycles. The highest BCUT2D eigenvalue weighted by molar-refractivity contribution is 6.74. The monoisotopic (exact) mass is 278 g/mol. The van der Waals surface area contributed by atoms with E-state index in [0.29, 0.717) is 18.4 Å². The highest BCUT2D eigenvalue weighted by Gasteiger charge is 2.39. The molecule has 2 rings (SSSR count). The van der Waals surface area contributed by atoms with Gasteiger partial charge in [0.15, 0.2) is 0 Å². The topological polar surface area (TPSA) is 29.5 Å². The van der Waals surface area contributed by atoms with Gasteiger partial charge in [-0.3, -0.25) is 0 Å². The quantitative estimate of drug-likeness (QED) is 0.838. The van der Waals surface area contributed by atoms with Crippen molar-refractivity contribution in [1.82, 2.24) is 0 Å². The fourth-order valence-corrected chi connectivity index (χ4v) is 3.12. The Kier molecular flexibility index (Phi) is 3.80. The Balaban J connectivity index is 2.04. The van der Waals surface area contributed by atoms with Crippen LogP contribution in [0.15, 0.2) is 24.3 Å². The SMILES string of the molecule is CC(C)(C)[Si](C)(C)Oc1ccc(C2CC2CO)cc1. The lowest BCUT2D eigenvalue weighted by atomic mass is 10.1. The number of rotatable bonds is 4. The summed E-state index contributed by atoms with van der Waals surface area (Å²) in [5.41, 5.74) is 1.33. The predicted octanol–water partition coefficient (Wildman–Crippen LogP) is 4.17. The van der Waals surface area contributed by atoms with E-state index in [0.717, 1.165) is 12.2 Å². The molecule has 106 valence electrons. The van der Waals surface area contributed by atoms with E-state index >= 15 is 0 Å².